The van der Waals surface area contributed by atoms with Gasteiger partial charge in [0.2, 0.25) is 0 Å². The van der Waals surface area contributed by atoms with E-state index in [4.69, 9.17) is 9.15 Å². The van der Waals surface area contributed by atoms with Crippen LogP contribution in [0.4, 0.5) is 0 Å². The second-order valence-electron chi connectivity index (χ2n) is 5.09. The van der Waals surface area contributed by atoms with Crippen LogP contribution in [0, 0.1) is 0 Å². The molecule has 1 unspecified atom stereocenters. The van der Waals surface area contributed by atoms with Crippen LogP contribution in [0.1, 0.15) is 30.2 Å². The lowest BCUT2D eigenvalue weighted by atomic mass is 10.3. The Hall–Kier alpha value is -2.91. The average molecular weight is 392 g/mol. The number of carbonyl (C=O) groups is 1. The summed E-state index contributed by atoms with van der Waals surface area (Å²) in [6.07, 6.45) is 5.74. The quantitative estimate of drug-likeness (QED) is 0.216. The summed E-state index contributed by atoms with van der Waals surface area (Å²) in [6.45, 7) is 10.5. The van der Waals surface area contributed by atoms with Crippen LogP contribution < -0.4 is 5.32 Å². The number of amides is 1. The minimum absolute atomic E-state index is 0.0990. The summed E-state index contributed by atoms with van der Waals surface area (Å²) < 4.78 is 32.7. The van der Waals surface area contributed by atoms with Gasteiger partial charge in [-0.25, -0.2) is 0 Å². The summed E-state index contributed by atoms with van der Waals surface area (Å²) in [4.78, 5) is 12.4. The van der Waals surface area contributed by atoms with Crippen molar-refractivity contribution in [2.45, 2.75) is 20.4 Å². The largest absolute Gasteiger partial charge is 0.768 e. The summed E-state index contributed by atoms with van der Waals surface area (Å²) >= 11 is -2.36. The second-order valence-corrected chi connectivity index (χ2v) is 6.03. The Labute approximate surface area is 160 Å². The van der Waals surface area contributed by atoms with E-state index in [0.29, 0.717) is 23.8 Å². The van der Waals surface area contributed by atoms with Crippen molar-refractivity contribution >= 4 is 23.7 Å². The van der Waals surface area contributed by atoms with E-state index in [2.05, 4.69) is 23.7 Å². The molecule has 1 atom stereocenters. The number of hydrazone groups is 1. The van der Waals surface area contributed by atoms with Gasteiger partial charge in [-0.2, -0.15) is 5.10 Å². The van der Waals surface area contributed by atoms with E-state index in [9.17, 15) is 13.6 Å². The van der Waals surface area contributed by atoms with Gasteiger partial charge in [-0.1, -0.05) is 12.7 Å². The highest BCUT2D eigenvalue weighted by Crippen LogP contribution is 2.13. The molecule has 0 spiro atoms. The van der Waals surface area contributed by atoms with Crippen LogP contribution in [0.15, 0.2) is 69.0 Å². The van der Waals surface area contributed by atoms with Crippen LogP contribution in [0.25, 0.3) is 0 Å². The molecule has 0 aromatic carbocycles. The first-order valence-corrected chi connectivity index (χ1v) is 8.88. The molecule has 1 heterocycles. The summed E-state index contributed by atoms with van der Waals surface area (Å²) in [5.41, 5.74) is 0.393. The van der Waals surface area contributed by atoms with Crippen molar-refractivity contribution in [3.63, 3.8) is 0 Å². The molecule has 0 saturated heterocycles. The number of carbonyl (C=O) groups excluding carboxylic acids is 1. The van der Waals surface area contributed by atoms with Gasteiger partial charge in [-0.15, -0.1) is 0 Å². The van der Waals surface area contributed by atoms with Crippen molar-refractivity contribution in [2.75, 3.05) is 7.11 Å². The van der Waals surface area contributed by atoms with E-state index in [1.54, 1.807) is 19.9 Å². The number of nitrogens with zero attached hydrogens (tertiary/aromatic N) is 2. The minimum Gasteiger partial charge on any atom is -0.768 e. The summed E-state index contributed by atoms with van der Waals surface area (Å²) in [7, 11) is 1.41. The molecule has 1 aromatic rings. The smallest absolute Gasteiger partial charge is 0.291 e. The van der Waals surface area contributed by atoms with Gasteiger partial charge < -0.3 is 19.0 Å². The molecule has 0 aliphatic rings. The second kappa shape index (κ2) is 10.9. The van der Waals surface area contributed by atoms with Crippen LogP contribution in [0.5, 0.6) is 0 Å². The lowest BCUT2D eigenvalue weighted by Gasteiger charge is -2.10. The number of rotatable bonds is 10. The molecule has 146 valence electrons. The highest BCUT2D eigenvalue weighted by molar-refractivity contribution is 7.83. The molecule has 0 aliphatic heterocycles. The Bertz CT molecular complexity index is 800. The topological polar surface area (TPSA) is 107 Å². The molecule has 0 radical (unpaired) electrons. The first kappa shape index (κ1) is 22.1. The third kappa shape index (κ3) is 6.72. The van der Waals surface area contributed by atoms with Gasteiger partial charge in [0, 0.05) is 17.8 Å². The molecule has 27 heavy (non-hydrogen) atoms. The number of nitrogens with one attached hydrogen (secondary N) is 1. The van der Waals surface area contributed by atoms with E-state index in [1.807, 2.05) is 0 Å². The Morgan fingerprint density at radius 1 is 1.48 bits per heavy atom. The van der Waals surface area contributed by atoms with Gasteiger partial charge in [-0.05, 0) is 49.2 Å². The van der Waals surface area contributed by atoms with Crippen LogP contribution in [0.3, 0.4) is 0 Å². The molecule has 1 aromatic heterocycles. The fourth-order valence-corrected chi connectivity index (χ4v) is 2.33. The van der Waals surface area contributed by atoms with Gasteiger partial charge in [0.15, 0.2) is 5.76 Å². The van der Waals surface area contributed by atoms with Crippen LogP contribution >= 0.6 is 0 Å². The van der Waals surface area contributed by atoms with Gasteiger partial charge in [0.25, 0.3) is 5.91 Å². The molecule has 1 amide bonds. The number of ether oxygens (including phenoxy) is 1. The minimum atomic E-state index is -2.36. The molecule has 9 heteroatoms. The van der Waals surface area contributed by atoms with Crippen molar-refractivity contribution < 1.29 is 22.7 Å². The first-order valence-electron chi connectivity index (χ1n) is 7.80. The average Bonchev–Trinajstić information content (AvgIpc) is 3.11. The molecule has 8 nitrogen and oxygen atoms in total. The maximum atomic E-state index is 12.3. The van der Waals surface area contributed by atoms with Crippen molar-refractivity contribution in [2.24, 2.45) is 5.10 Å². The van der Waals surface area contributed by atoms with Gasteiger partial charge in [-0.3, -0.25) is 14.0 Å². The lowest BCUT2D eigenvalue weighted by Crippen LogP contribution is -2.22. The predicted octanol–water partition coefficient (Wildman–Crippen LogP) is 2.79. The maximum absolute atomic E-state index is 12.3. The van der Waals surface area contributed by atoms with Gasteiger partial charge in [0.1, 0.15) is 11.5 Å². The monoisotopic (exact) mass is 392 g/mol. The lowest BCUT2D eigenvalue weighted by molar-refractivity contribution is 0.0933. The van der Waals surface area contributed by atoms with Gasteiger partial charge >= 0.3 is 0 Å². The van der Waals surface area contributed by atoms with E-state index < -0.39 is 17.0 Å². The fourth-order valence-electron chi connectivity index (χ4n) is 1.96. The Morgan fingerprint density at radius 2 is 2.19 bits per heavy atom. The number of hydrogen-bond acceptors (Lipinski definition) is 7. The van der Waals surface area contributed by atoms with Crippen molar-refractivity contribution in [1.29, 1.82) is 0 Å². The Balaban J connectivity index is 2.90. The van der Waals surface area contributed by atoms with Gasteiger partial charge in [0.05, 0.1) is 19.4 Å². The zero-order chi connectivity index (χ0) is 20.4. The highest BCUT2D eigenvalue weighted by Gasteiger charge is 2.14. The SMILES string of the molecule is C=CN(Cc1ccc(C(=O)N/C(C)=C(/C=C\C(=C/C)S(=O)[O-])OC)o1)N=C. The van der Waals surface area contributed by atoms with Crippen molar-refractivity contribution in [1.82, 2.24) is 10.3 Å². The third-order valence-electron chi connectivity index (χ3n) is 3.36. The fraction of sp³-hybridized carbons (Fsp3) is 0.222. The van der Waals surface area contributed by atoms with Crippen molar-refractivity contribution in [3.05, 3.63) is 71.0 Å². The normalized spacial score (nSPS) is 13.7. The standard InChI is InChI=1S/C18H23N3O5S/c1-6-15(27(23)24)9-11-16(25-5)13(3)20-18(22)17-10-8-14(26-17)12-21(7-2)19-4/h6-11H,2,4,12H2,1,3,5H3,(H,20,22)(H,23,24)/p-1/b11-9-,15-6+,16-13-. The zero-order valence-electron chi connectivity index (χ0n) is 15.4. The summed E-state index contributed by atoms with van der Waals surface area (Å²) in [5.74, 6) is 0.439. The molecule has 0 aliphatic carbocycles. The molecular weight excluding hydrogens is 370 g/mol. The zero-order valence-corrected chi connectivity index (χ0v) is 16.2. The number of allylic oxidation sites excluding steroid dienone is 4. The first-order chi connectivity index (χ1) is 12.9. The van der Waals surface area contributed by atoms with E-state index in [1.165, 1.54) is 42.6 Å². The maximum Gasteiger partial charge on any atom is 0.291 e. The van der Waals surface area contributed by atoms with Crippen LogP contribution in [0.2, 0.25) is 0 Å². The number of hydrogen-bond donors (Lipinski definition) is 1. The Morgan fingerprint density at radius 3 is 2.70 bits per heavy atom. The molecule has 1 rings (SSSR count). The van der Waals surface area contributed by atoms with Crippen LogP contribution in [-0.4, -0.2) is 33.5 Å². The van der Waals surface area contributed by atoms with Crippen LogP contribution in [-0.2, 0) is 22.4 Å². The number of furan rings is 1. The molecule has 1 N–H and O–H groups in total. The molecule has 0 saturated carbocycles. The van der Waals surface area contributed by atoms with E-state index >= 15 is 0 Å². The number of methoxy groups -OCH3 is 1. The van der Waals surface area contributed by atoms with E-state index in [-0.39, 0.29) is 10.7 Å². The third-order valence-corrected chi connectivity index (χ3v) is 4.12. The predicted molar refractivity (Wildman–Crippen MR) is 103 cm³/mol. The molecule has 0 bridgehead atoms. The summed E-state index contributed by atoms with van der Waals surface area (Å²) in [5, 5.41) is 7.81. The summed E-state index contributed by atoms with van der Waals surface area (Å²) in [6, 6.07) is 3.18. The Kier molecular flexibility index (Phi) is 8.97. The van der Waals surface area contributed by atoms with E-state index in [0.717, 1.165) is 0 Å². The highest BCUT2D eigenvalue weighted by atomic mass is 32.2. The molecular formula is C18H22N3O5S-. The molecule has 0 fully saturated rings. The van der Waals surface area contributed by atoms with Crippen molar-refractivity contribution in [3.8, 4) is 0 Å².